The zero-order valence-corrected chi connectivity index (χ0v) is 25.2. The minimum atomic E-state index is -3.81. The summed E-state index contributed by atoms with van der Waals surface area (Å²) in [7, 11) is -3.81. The predicted molar refractivity (Wildman–Crippen MR) is 162 cm³/mol. The van der Waals surface area contributed by atoms with Gasteiger partial charge in [0.2, 0.25) is 21.8 Å². The third-order valence-electron chi connectivity index (χ3n) is 7.08. The van der Waals surface area contributed by atoms with Crippen molar-refractivity contribution in [3.8, 4) is 0 Å². The molecular weight excluding hydrogens is 522 g/mol. The second kappa shape index (κ2) is 13.6. The molecule has 3 aromatic carbocycles. The monoisotopic (exact) mass is 563 g/mol. The highest BCUT2D eigenvalue weighted by Gasteiger charge is 2.33. The lowest BCUT2D eigenvalue weighted by atomic mass is 10.0. The highest BCUT2D eigenvalue weighted by Crippen LogP contribution is 2.26. The molecule has 1 atom stereocenters. The number of amides is 2. The number of nitrogens with one attached hydrogen (secondary N) is 1. The van der Waals surface area contributed by atoms with Crippen molar-refractivity contribution >= 4 is 27.5 Å². The molecule has 7 nitrogen and oxygen atoms in total. The van der Waals surface area contributed by atoms with Gasteiger partial charge in [-0.15, -0.1) is 0 Å². The van der Waals surface area contributed by atoms with Crippen LogP contribution in [0.2, 0.25) is 0 Å². The van der Waals surface area contributed by atoms with Crippen LogP contribution in [0.4, 0.5) is 5.69 Å². The van der Waals surface area contributed by atoms with Crippen molar-refractivity contribution < 1.29 is 18.0 Å². The Morgan fingerprint density at radius 3 is 2.10 bits per heavy atom. The van der Waals surface area contributed by atoms with Crippen LogP contribution in [0, 0.1) is 26.7 Å². The lowest BCUT2D eigenvalue weighted by Crippen LogP contribution is -2.53. The van der Waals surface area contributed by atoms with Crippen molar-refractivity contribution in [2.45, 2.75) is 53.6 Å². The summed E-state index contributed by atoms with van der Waals surface area (Å²) in [6.07, 6.45) is 1.40. The van der Waals surface area contributed by atoms with Gasteiger partial charge in [0.1, 0.15) is 12.6 Å². The number of carbonyl (C=O) groups excluding carboxylic acids is 2. The Labute approximate surface area is 239 Å². The molecule has 3 aromatic rings. The minimum absolute atomic E-state index is 0.169. The molecule has 0 aliphatic heterocycles. The van der Waals surface area contributed by atoms with Gasteiger partial charge >= 0.3 is 0 Å². The summed E-state index contributed by atoms with van der Waals surface area (Å²) in [4.78, 5) is 29.4. The van der Waals surface area contributed by atoms with Crippen LogP contribution in [0.25, 0.3) is 0 Å². The molecule has 0 radical (unpaired) electrons. The Bertz CT molecular complexity index is 1420. The molecule has 0 saturated carbocycles. The number of benzene rings is 3. The molecule has 2 amide bonds. The molecule has 1 N–H and O–H groups in total. The highest BCUT2D eigenvalue weighted by molar-refractivity contribution is 7.92. The standard InChI is InChI=1S/C32H41N3O4S/c1-23(2)20-33-32(37)30(19-27-15-8-7-9-16-27)34(21-28-17-11-10-13-25(28)4)31(36)22-35(40(6,38)39)29-18-12-14-24(3)26(29)5/h7-18,23,30H,19-22H2,1-6H3,(H,33,37)/t30-/m1/s1. The normalized spacial score (nSPS) is 12.2. The van der Waals surface area contributed by atoms with E-state index in [2.05, 4.69) is 5.32 Å². The Balaban J connectivity index is 2.08. The van der Waals surface area contributed by atoms with Crippen LogP contribution < -0.4 is 9.62 Å². The van der Waals surface area contributed by atoms with Gasteiger partial charge in [-0.1, -0.05) is 80.6 Å². The summed E-state index contributed by atoms with van der Waals surface area (Å²) in [5.74, 6) is -0.487. The SMILES string of the molecule is Cc1ccccc1CN(C(=O)CN(c1cccc(C)c1C)S(C)(=O)=O)[C@H](Cc1ccccc1)C(=O)NCC(C)C. The van der Waals surface area contributed by atoms with Gasteiger partial charge in [0.15, 0.2) is 0 Å². The van der Waals surface area contributed by atoms with Gasteiger partial charge in [-0.05, 0) is 60.6 Å². The number of sulfonamides is 1. The van der Waals surface area contributed by atoms with Gasteiger partial charge in [-0.25, -0.2) is 8.42 Å². The molecule has 0 aromatic heterocycles. The van der Waals surface area contributed by atoms with Crippen molar-refractivity contribution in [2.75, 3.05) is 23.7 Å². The summed E-state index contributed by atoms with van der Waals surface area (Å²) < 4.78 is 27.2. The number of hydrogen-bond donors (Lipinski definition) is 1. The van der Waals surface area contributed by atoms with Gasteiger partial charge in [0.25, 0.3) is 0 Å². The van der Waals surface area contributed by atoms with Crippen molar-refractivity contribution in [1.82, 2.24) is 10.2 Å². The molecule has 0 bridgehead atoms. The van der Waals surface area contributed by atoms with Gasteiger partial charge in [0, 0.05) is 19.5 Å². The molecule has 8 heteroatoms. The smallest absolute Gasteiger partial charge is 0.244 e. The fourth-order valence-corrected chi connectivity index (χ4v) is 5.45. The number of hydrogen-bond acceptors (Lipinski definition) is 4. The number of rotatable bonds is 12. The zero-order valence-electron chi connectivity index (χ0n) is 24.3. The van der Waals surface area contributed by atoms with E-state index in [1.807, 2.05) is 95.3 Å². The Kier molecular flexibility index (Phi) is 10.5. The average molecular weight is 564 g/mol. The molecule has 40 heavy (non-hydrogen) atoms. The van der Waals surface area contributed by atoms with E-state index in [0.717, 1.165) is 38.4 Å². The fourth-order valence-electron chi connectivity index (χ4n) is 4.55. The van der Waals surface area contributed by atoms with Crippen LogP contribution in [-0.2, 0) is 32.6 Å². The molecule has 3 rings (SSSR count). The maximum atomic E-state index is 14.2. The molecule has 0 aliphatic carbocycles. The van der Waals surface area contributed by atoms with Crippen LogP contribution in [0.5, 0.6) is 0 Å². The second-order valence-electron chi connectivity index (χ2n) is 10.8. The third-order valence-corrected chi connectivity index (χ3v) is 8.21. The summed E-state index contributed by atoms with van der Waals surface area (Å²) in [6.45, 7) is 9.95. The molecule has 0 unspecified atom stereocenters. The largest absolute Gasteiger partial charge is 0.354 e. The first kappa shape index (κ1) is 30.9. The van der Waals surface area contributed by atoms with Crippen LogP contribution in [0.3, 0.4) is 0 Å². The molecular formula is C32H41N3O4S. The average Bonchev–Trinajstić information content (AvgIpc) is 2.90. The van der Waals surface area contributed by atoms with E-state index in [1.165, 1.54) is 4.90 Å². The van der Waals surface area contributed by atoms with Crippen LogP contribution in [0.15, 0.2) is 72.8 Å². The van der Waals surface area contributed by atoms with E-state index in [0.29, 0.717) is 18.7 Å². The highest BCUT2D eigenvalue weighted by atomic mass is 32.2. The van der Waals surface area contributed by atoms with E-state index in [9.17, 15) is 18.0 Å². The number of aryl methyl sites for hydroxylation is 2. The third kappa shape index (κ3) is 8.18. The maximum Gasteiger partial charge on any atom is 0.244 e. The minimum Gasteiger partial charge on any atom is -0.354 e. The topological polar surface area (TPSA) is 86.8 Å². The lowest BCUT2D eigenvalue weighted by molar-refractivity contribution is -0.140. The Morgan fingerprint density at radius 1 is 0.850 bits per heavy atom. The quantitative estimate of drug-likeness (QED) is 0.343. The van der Waals surface area contributed by atoms with E-state index >= 15 is 0 Å². The van der Waals surface area contributed by atoms with E-state index in [-0.39, 0.29) is 18.4 Å². The summed E-state index contributed by atoms with van der Waals surface area (Å²) in [5.41, 5.74) is 4.94. The van der Waals surface area contributed by atoms with Crippen molar-refractivity contribution in [3.05, 3.63) is 101 Å². The second-order valence-corrected chi connectivity index (χ2v) is 12.7. The van der Waals surface area contributed by atoms with Gasteiger partial charge in [-0.3, -0.25) is 13.9 Å². The van der Waals surface area contributed by atoms with Gasteiger partial charge in [0.05, 0.1) is 11.9 Å². The molecule has 0 saturated heterocycles. The summed E-state index contributed by atoms with van der Waals surface area (Å²) >= 11 is 0. The van der Waals surface area contributed by atoms with Crippen LogP contribution >= 0.6 is 0 Å². The fraction of sp³-hybridized carbons (Fsp3) is 0.375. The summed E-state index contributed by atoms with van der Waals surface area (Å²) in [6, 6.07) is 21.8. The van der Waals surface area contributed by atoms with Crippen molar-refractivity contribution in [3.63, 3.8) is 0 Å². The zero-order chi connectivity index (χ0) is 29.4. The first-order chi connectivity index (χ1) is 18.9. The molecule has 0 fully saturated rings. The Hall–Kier alpha value is -3.65. The van der Waals surface area contributed by atoms with E-state index in [4.69, 9.17) is 0 Å². The first-order valence-corrected chi connectivity index (χ1v) is 15.4. The summed E-state index contributed by atoms with van der Waals surface area (Å²) in [5, 5.41) is 3.01. The lowest BCUT2D eigenvalue weighted by Gasteiger charge is -2.34. The number of nitrogens with zero attached hydrogens (tertiary/aromatic N) is 2. The van der Waals surface area contributed by atoms with Crippen LogP contribution in [0.1, 0.15) is 41.7 Å². The van der Waals surface area contributed by atoms with Crippen LogP contribution in [-0.4, -0.2) is 50.5 Å². The van der Waals surface area contributed by atoms with Gasteiger partial charge < -0.3 is 10.2 Å². The molecule has 214 valence electrons. The number of anilines is 1. The molecule has 0 aliphatic rings. The molecule has 0 heterocycles. The van der Waals surface area contributed by atoms with E-state index < -0.39 is 28.5 Å². The first-order valence-electron chi connectivity index (χ1n) is 13.6. The van der Waals surface area contributed by atoms with Crippen molar-refractivity contribution in [2.24, 2.45) is 5.92 Å². The number of carbonyl (C=O) groups is 2. The Morgan fingerprint density at radius 2 is 1.48 bits per heavy atom. The maximum absolute atomic E-state index is 14.2. The predicted octanol–water partition coefficient (Wildman–Crippen LogP) is 4.79. The van der Waals surface area contributed by atoms with Gasteiger partial charge in [-0.2, -0.15) is 0 Å². The van der Waals surface area contributed by atoms with Crippen molar-refractivity contribution in [1.29, 1.82) is 0 Å². The molecule has 0 spiro atoms. The van der Waals surface area contributed by atoms with E-state index in [1.54, 1.807) is 12.1 Å².